The van der Waals surface area contributed by atoms with Gasteiger partial charge in [-0.3, -0.25) is 14.9 Å². The summed E-state index contributed by atoms with van der Waals surface area (Å²) in [6.45, 7) is 0.516. The molecule has 8 nitrogen and oxygen atoms in total. The number of nitro groups is 1. The SMILES string of the molecule is O=C(Cc1ccc(CCCc2ccccc2OCc2ccccc2)cc1)NS(=O)(=O)c1ccc([N+](=O)[O-])cc1. The lowest BCUT2D eigenvalue weighted by Crippen LogP contribution is -2.31. The number of nitro benzene ring substituents is 1. The molecule has 0 aromatic heterocycles. The lowest BCUT2D eigenvalue weighted by Gasteiger charge is -2.12. The first-order valence-corrected chi connectivity index (χ1v) is 13.9. The van der Waals surface area contributed by atoms with Crippen molar-refractivity contribution in [3.63, 3.8) is 0 Å². The minimum Gasteiger partial charge on any atom is -0.489 e. The first-order chi connectivity index (χ1) is 18.8. The molecule has 0 aliphatic rings. The van der Waals surface area contributed by atoms with Crippen LogP contribution < -0.4 is 9.46 Å². The average Bonchev–Trinajstić information content (AvgIpc) is 2.94. The number of ether oxygens (including phenoxy) is 1. The van der Waals surface area contributed by atoms with E-state index in [1.807, 2.05) is 77.5 Å². The fourth-order valence-electron chi connectivity index (χ4n) is 4.07. The monoisotopic (exact) mass is 544 g/mol. The topological polar surface area (TPSA) is 116 Å². The predicted molar refractivity (Wildman–Crippen MR) is 148 cm³/mol. The Labute approximate surface area is 227 Å². The number of hydrogen-bond donors (Lipinski definition) is 1. The zero-order valence-corrected chi connectivity index (χ0v) is 22.0. The van der Waals surface area contributed by atoms with Gasteiger partial charge < -0.3 is 4.74 Å². The van der Waals surface area contributed by atoms with Crippen LogP contribution in [0.5, 0.6) is 5.75 Å². The number of nitrogens with zero attached hydrogens (tertiary/aromatic N) is 1. The Balaban J connectivity index is 1.26. The van der Waals surface area contributed by atoms with E-state index in [4.69, 9.17) is 4.74 Å². The summed E-state index contributed by atoms with van der Waals surface area (Å²) in [6, 6.07) is 29.9. The van der Waals surface area contributed by atoms with Gasteiger partial charge in [0.1, 0.15) is 12.4 Å². The van der Waals surface area contributed by atoms with Crippen LogP contribution >= 0.6 is 0 Å². The van der Waals surface area contributed by atoms with E-state index in [0.29, 0.717) is 12.2 Å². The molecule has 0 radical (unpaired) electrons. The number of nitrogens with one attached hydrogen (secondary N) is 1. The number of amides is 1. The highest BCUT2D eigenvalue weighted by atomic mass is 32.2. The van der Waals surface area contributed by atoms with E-state index >= 15 is 0 Å². The van der Waals surface area contributed by atoms with E-state index in [2.05, 4.69) is 6.07 Å². The van der Waals surface area contributed by atoms with Gasteiger partial charge in [-0.15, -0.1) is 0 Å². The molecule has 0 bridgehead atoms. The number of hydrogen-bond acceptors (Lipinski definition) is 6. The summed E-state index contributed by atoms with van der Waals surface area (Å²) < 4.78 is 32.9. The van der Waals surface area contributed by atoms with Gasteiger partial charge >= 0.3 is 0 Å². The molecule has 0 aliphatic heterocycles. The van der Waals surface area contributed by atoms with Gasteiger partial charge in [0.2, 0.25) is 5.91 Å². The second kappa shape index (κ2) is 12.8. The van der Waals surface area contributed by atoms with Gasteiger partial charge in [0.25, 0.3) is 15.7 Å². The van der Waals surface area contributed by atoms with Crippen molar-refractivity contribution in [2.45, 2.75) is 37.2 Å². The molecular formula is C30H28N2O6S. The lowest BCUT2D eigenvalue weighted by atomic mass is 10.0. The van der Waals surface area contributed by atoms with Gasteiger partial charge in [-0.25, -0.2) is 13.1 Å². The molecule has 0 atom stereocenters. The summed E-state index contributed by atoms with van der Waals surface area (Å²) in [5.41, 5.74) is 3.82. The second-order valence-corrected chi connectivity index (χ2v) is 10.7. The molecule has 39 heavy (non-hydrogen) atoms. The van der Waals surface area contributed by atoms with Crippen LogP contribution in [0.4, 0.5) is 5.69 Å². The van der Waals surface area contributed by atoms with Gasteiger partial charge in [0, 0.05) is 12.1 Å². The van der Waals surface area contributed by atoms with E-state index in [-0.39, 0.29) is 17.0 Å². The largest absolute Gasteiger partial charge is 0.489 e. The normalized spacial score (nSPS) is 11.1. The molecule has 4 aromatic rings. The highest BCUT2D eigenvalue weighted by Gasteiger charge is 2.19. The number of benzene rings is 4. The number of aryl methyl sites for hydroxylation is 2. The number of non-ortho nitro benzene ring substituents is 1. The molecule has 0 heterocycles. The molecule has 9 heteroatoms. The van der Waals surface area contributed by atoms with Gasteiger partial charge in [0.15, 0.2) is 0 Å². The molecule has 4 rings (SSSR count). The smallest absolute Gasteiger partial charge is 0.269 e. The van der Waals surface area contributed by atoms with Crippen molar-refractivity contribution in [3.8, 4) is 5.75 Å². The van der Waals surface area contributed by atoms with Crippen LogP contribution in [0, 0.1) is 10.1 Å². The summed E-state index contributed by atoms with van der Waals surface area (Å²) in [6.07, 6.45) is 2.50. The Morgan fingerprint density at radius 1 is 0.769 bits per heavy atom. The third-order valence-electron chi connectivity index (χ3n) is 6.12. The fourth-order valence-corrected chi connectivity index (χ4v) is 5.05. The molecule has 0 fully saturated rings. The number of carbonyl (C=O) groups excluding carboxylic acids is 1. The van der Waals surface area contributed by atoms with Crippen molar-refractivity contribution < 1.29 is 22.9 Å². The van der Waals surface area contributed by atoms with Crippen molar-refractivity contribution in [3.05, 3.63) is 135 Å². The predicted octanol–water partition coefficient (Wildman–Crippen LogP) is 5.40. The molecule has 4 aromatic carbocycles. The molecule has 200 valence electrons. The van der Waals surface area contributed by atoms with E-state index in [0.717, 1.165) is 66.0 Å². The van der Waals surface area contributed by atoms with Crippen LogP contribution in [0.1, 0.15) is 28.7 Å². The maximum atomic E-state index is 12.4. The van der Waals surface area contributed by atoms with Gasteiger partial charge in [-0.2, -0.15) is 0 Å². The first-order valence-electron chi connectivity index (χ1n) is 12.4. The van der Waals surface area contributed by atoms with Crippen molar-refractivity contribution in [2.24, 2.45) is 0 Å². The van der Waals surface area contributed by atoms with E-state index < -0.39 is 20.9 Å². The van der Waals surface area contributed by atoms with Gasteiger partial charge in [-0.1, -0.05) is 72.8 Å². The molecule has 0 saturated heterocycles. The van der Waals surface area contributed by atoms with Crippen molar-refractivity contribution >= 4 is 21.6 Å². The Morgan fingerprint density at radius 3 is 2.10 bits per heavy atom. The van der Waals surface area contributed by atoms with E-state index in [9.17, 15) is 23.3 Å². The standard InChI is InChI=1S/C30H28N2O6S/c33-30(31-39(36,37)28-19-17-27(18-20-28)32(34)35)21-24-15-13-23(14-16-24)9-6-11-26-10-4-5-12-29(26)38-22-25-7-2-1-3-8-25/h1-5,7-8,10,12-20H,6,9,11,21-22H2,(H,31,33). The van der Waals surface area contributed by atoms with Crippen LogP contribution in [-0.2, 0) is 40.7 Å². The maximum absolute atomic E-state index is 12.4. The molecule has 1 N–H and O–H groups in total. The number of sulfonamides is 1. The minimum absolute atomic E-state index is 0.112. The Morgan fingerprint density at radius 2 is 1.41 bits per heavy atom. The Kier molecular flexibility index (Phi) is 9.06. The first kappa shape index (κ1) is 27.5. The summed E-state index contributed by atoms with van der Waals surface area (Å²) in [5, 5.41) is 10.8. The summed E-state index contributed by atoms with van der Waals surface area (Å²) >= 11 is 0. The summed E-state index contributed by atoms with van der Waals surface area (Å²) in [4.78, 5) is 22.3. The number of carbonyl (C=O) groups is 1. The Hall–Kier alpha value is -4.50. The fraction of sp³-hybridized carbons (Fsp3) is 0.167. The van der Waals surface area contributed by atoms with Gasteiger partial charge in [0.05, 0.1) is 16.2 Å². The molecule has 0 unspecified atom stereocenters. The minimum atomic E-state index is -4.12. The number of rotatable bonds is 12. The maximum Gasteiger partial charge on any atom is 0.269 e. The van der Waals surface area contributed by atoms with Crippen LogP contribution in [0.25, 0.3) is 0 Å². The quantitative estimate of drug-likeness (QED) is 0.189. The van der Waals surface area contributed by atoms with Gasteiger partial charge in [-0.05, 0) is 59.7 Å². The second-order valence-electron chi connectivity index (χ2n) is 9.01. The lowest BCUT2D eigenvalue weighted by molar-refractivity contribution is -0.384. The molecule has 0 aliphatic carbocycles. The third kappa shape index (κ3) is 7.99. The highest BCUT2D eigenvalue weighted by Crippen LogP contribution is 2.22. The van der Waals surface area contributed by atoms with Crippen LogP contribution in [0.15, 0.2) is 108 Å². The van der Waals surface area contributed by atoms with E-state index in [1.165, 1.54) is 0 Å². The molecule has 0 spiro atoms. The molecular weight excluding hydrogens is 516 g/mol. The van der Waals surface area contributed by atoms with Crippen LogP contribution in [0.2, 0.25) is 0 Å². The summed E-state index contributed by atoms with van der Waals surface area (Å²) in [5.74, 6) is 0.194. The summed E-state index contributed by atoms with van der Waals surface area (Å²) in [7, 11) is -4.12. The average molecular weight is 545 g/mol. The van der Waals surface area contributed by atoms with Crippen molar-refractivity contribution in [1.29, 1.82) is 0 Å². The zero-order chi connectivity index (χ0) is 27.7. The molecule has 0 saturated carbocycles. The van der Waals surface area contributed by atoms with Crippen LogP contribution in [-0.4, -0.2) is 19.2 Å². The third-order valence-corrected chi connectivity index (χ3v) is 7.50. The zero-order valence-electron chi connectivity index (χ0n) is 21.2. The number of para-hydroxylation sites is 1. The molecule has 1 amide bonds. The van der Waals surface area contributed by atoms with E-state index in [1.54, 1.807) is 0 Å². The Bertz CT molecular complexity index is 1520. The van der Waals surface area contributed by atoms with Crippen LogP contribution in [0.3, 0.4) is 0 Å². The van der Waals surface area contributed by atoms with Crippen molar-refractivity contribution in [2.75, 3.05) is 0 Å². The van der Waals surface area contributed by atoms with Crippen molar-refractivity contribution in [1.82, 2.24) is 4.72 Å². The highest BCUT2D eigenvalue weighted by molar-refractivity contribution is 7.90.